The third-order valence-electron chi connectivity index (χ3n) is 5.88. The van der Waals surface area contributed by atoms with Crippen LogP contribution in [-0.2, 0) is 23.0 Å². The van der Waals surface area contributed by atoms with Crippen LogP contribution in [-0.4, -0.2) is 41.9 Å². The monoisotopic (exact) mass is 657 g/mol. The summed E-state index contributed by atoms with van der Waals surface area (Å²) in [5, 5.41) is 7.59. The Morgan fingerprint density at radius 3 is 2.67 bits per heavy atom. The molecule has 3 heterocycles. The molecule has 5 rings (SSSR count). The van der Waals surface area contributed by atoms with Crippen LogP contribution in [0.25, 0.3) is 10.2 Å². The lowest BCUT2D eigenvalue weighted by Gasteiger charge is -2.11. The van der Waals surface area contributed by atoms with Crippen molar-refractivity contribution < 1.29 is 17.5 Å². The third kappa shape index (κ3) is 9.35. The largest absolute Gasteiger partial charge is 0.487 e. The first-order valence-corrected chi connectivity index (χ1v) is 16.0. The van der Waals surface area contributed by atoms with Crippen LogP contribution in [0.4, 0.5) is 15.9 Å². The third-order valence-corrected chi connectivity index (χ3v) is 8.08. The predicted molar refractivity (Wildman–Crippen MR) is 172 cm³/mol. The van der Waals surface area contributed by atoms with Gasteiger partial charge in [-0.3, -0.25) is 0 Å². The van der Waals surface area contributed by atoms with Gasteiger partial charge in [0.1, 0.15) is 50.7 Å². The number of hydrogen-bond acceptors (Lipinski definition) is 9. The number of halogens is 3. The van der Waals surface area contributed by atoms with Gasteiger partial charge >= 0.3 is 0 Å². The van der Waals surface area contributed by atoms with Gasteiger partial charge in [-0.1, -0.05) is 29.8 Å². The molecule has 0 fully saturated rings. The van der Waals surface area contributed by atoms with Gasteiger partial charge in [-0.15, -0.1) is 23.7 Å². The van der Waals surface area contributed by atoms with E-state index in [4.69, 9.17) is 16.3 Å². The number of hydrogen-bond donors (Lipinski definition) is 2. The van der Waals surface area contributed by atoms with Gasteiger partial charge in [-0.25, -0.2) is 27.8 Å². The van der Waals surface area contributed by atoms with Crippen molar-refractivity contribution in [3.8, 4) is 17.6 Å². The van der Waals surface area contributed by atoms with E-state index in [2.05, 4.69) is 37.4 Å². The Hall–Kier alpha value is -3.79. The van der Waals surface area contributed by atoms with Crippen LogP contribution < -0.4 is 15.4 Å². The van der Waals surface area contributed by atoms with Crippen molar-refractivity contribution in [2.45, 2.75) is 13.2 Å². The lowest BCUT2D eigenvalue weighted by molar-refractivity contribution is 0.306. The van der Waals surface area contributed by atoms with Gasteiger partial charge in [0.15, 0.2) is 0 Å². The van der Waals surface area contributed by atoms with Gasteiger partial charge in [-0.2, -0.15) is 0 Å². The van der Waals surface area contributed by atoms with Crippen molar-refractivity contribution in [1.29, 1.82) is 0 Å². The molecule has 0 aliphatic heterocycles. The molecule has 0 saturated carbocycles. The van der Waals surface area contributed by atoms with Crippen molar-refractivity contribution >= 4 is 66.9 Å². The lowest BCUT2D eigenvalue weighted by Crippen LogP contribution is -2.22. The van der Waals surface area contributed by atoms with E-state index in [0.717, 1.165) is 20.8 Å². The van der Waals surface area contributed by atoms with E-state index < -0.39 is 9.84 Å². The summed E-state index contributed by atoms with van der Waals surface area (Å²) in [6.07, 6.45) is 2.70. The average molecular weight is 659 g/mol. The molecule has 5 aromatic rings. The van der Waals surface area contributed by atoms with E-state index in [1.165, 1.54) is 36.1 Å². The summed E-state index contributed by atoms with van der Waals surface area (Å²) in [7, 11) is -3.01. The summed E-state index contributed by atoms with van der Waals surface area (Å²) in [6, 6.07) is 19.0. The lowest BCUT2D eigenvalue weighted by atomic mass is 10.2. The fourth-order valence-corrected chi connectivity index (χ4v) is 5.49. The van der Waals surface area contributed by atoms with Crippen LogP contribution in [0, 0.1) is 17.7 Å². The van der Waals surface area contributed by atoms with Crippen LogP contribution in [0.1, 0.15) is 21.8 Å². The van der Waals surface area contributed by atoms with Gasteiger partial charge in [0.25, 0.3) is 0 Å². The van der Waals surface area contributed by atoms with Crippen molar-refractivity contribution in [2.24, 2.45) is 0 Å². The first-order chi connectivity index (χ1) is 20.2. The second-order valence-electron chi connectivity index (χ2n) is 9.31. The molecule has 8 nitrogen and oxygen atoms in total. The Morgan fingerprint density at radius 1 is 1.05 bits per heavy atom. The minimum absolute atomic E-state index is 0. The maximum Gasteiger partial charge on any atom is 0.148 e. The van der Waals surface area contributed by atoms with Crippen LogP contribution >= 0.6 is 35.3 Å². The van der Waals surface area contributed by atoms with Crippen LogP contribution in [0.5, 0.6) is 5.75 Å². The topological polar surface area (TPSA) is 106 Å². The number of thiophene rings is 1. The maximum absolute atomic E-state index is 13.4. The number of sulfone groups is 1. The number of aromatic nitrogens is 3. The second kappa shape index (κ2) is 14.6. The first kappa shape index (κ1) is 32.1. The van der Waals surface area contributed by atoms with E-state index in [1.807, 2.05) is 30.3 Å². The minimum atomic E-state index is -3.01. The van der Waals surface area contributed by atoms with E-state index in [1.54, 1.807) is 24.3 Å². The minimum Gasteiger partial charge on any atom is -0.487 e. The molecule has 0 spiro atoms. The Labute approximate surface area is 264 Å². The van der Waals surface area contributed by atoms with Gasteiger partial charge < -0.3 is 15.4 Å². The number of nitrogens with zero attached hydrogens (tertiary/aromatic N) is 3. The van der Waals surface area contributed by atoms with E-state index in [9.17, 15) is 12.8 Å². The molecule has 3 aromatic heterocycles. The van der Waals surface area contributed by atoms with E-state index in [0.29, 0.717) is 46.6 Å². The molecule has 2 aromatic carbocycles. The Bertz CT molecular complexity index is 1910. The molecule has 0 unspecified atom stereocenters. The number of nitrogens with one attached hydrogen (secondary N) is 2. The number of pyridine rings is 1. The van der Waals surface area contributed by atoms with Crippen molar-refractivity contribution in [3.63, 3.8) is 0 Å². The smallest absolute Gasteiger partial charge is 0.148 e. The SMILES string of the molecule is CS(=O)(=O)CCNCc1cccc(C#Cc2cc3c(Nc4ccc(OCc5cccc(F)c5)c(Cl)c4)ncnc3s2)n1.Cl. The predicted octanol–water partition coefficient (Wildman–Crippen LogP) is 6.16. The highest BCUT2D eigenvalue weighted by Crippen LogP contribution is 2.33. The van der Waals surface area contributed by atoms with Crippen molar-refractivity contribution in [2.75, 3.05) is 23.9 Å². The molecule has 222 valence electrons. The Morgan fingerprint density at radius 2 is 1.88 bits per heavy atom. The summed E-state index contributed by atoms with van der Waals surface area (Å²) >= 11 is 7.90. The molecular weight excluding hydrogens is 632 g/mol. The Kier molecular flexibility index (Phi) is 10.9. The summed E-state index contributed by atoms with van der Waals surface area (Å²) in [4.78, 5) is 14.9. The quantitative estimate of drug-likeness (QED) is 0.136. The second-order valence-corrected chi connectivity index (χ2v) is 13.0. The molecule has 0 atom stereocenters. The fraction of sp³-hybridized carbons (Fsp3) is 0.167. The van der Waals surface area contributed by atoms with Gasteiger partial charge in [0.2, 0.25) is 0 Å². The maximum atomic E-state index is 13.4. The normalized spacial score (nSPS) is 11.0. The molecule has 0 saturated heterocycles. The standard InChI is InChI=1S/C30H25ClFN5O3S2.ClH/c1-42(38,39)13-12-33-17-24-7-3-6-22(36-24)8-10-25-16-26-29(34-19-35-30(26)41-25)37-23-9-11-28(27(31)15-23)40-18-20-4-2-5-21(32)14-20;/h2-7,9,11,14-16,19,33H,12-13,17-18H2,1H3,(H,34,35,37);1H. The molecule has 0 bridgehead atoms. The van der Waals surface area contributed by atoms with Gasteiger partial charge in [0.05, 0.1) is 26.7 Å². The fourth-order valence-electron chi connectivity index (χ4n) is 3.88. The molecular formula is C30H26Cl2FN5O3S2. The van der Waals surface area contributed by atoms with Gasteiger partial charge in [-0.05, 0) is 65.9 Å². The zero-order valence-corrected chi connectivity index (χ0v) is 26.0. The van der Waals surface area contributed by atoms with E-state index in [-0.39, 0.29) is 30.6 Å². The average Bonchev–Trinajstić information content (AvgIpc) is 3.38. The molecule has 0 aliphatic rings. The number of rotatable bonds is 10. The summed E-state index contributed by atoms with van der Waals surface area (Å²) < 4.78 is 41.8. The number of benzene rings is 2. The first-order valence-electron chi connectivity index (χ1n) is 12.8. The van der Waals surface area contributed by atoms with Crippen molar-refractivity contribution in [1.82, 2.24) is 20.3 Å². The highest BCUT2D eigenvalue weighted by Gasteiger charge is 2.10. The van der Waals surface area contributed by atoms with E-state index >= 15 is 0 Å². The summed E-state index contributed by atoms with van der Waals surface area (Å²) in [6.45, 7) is 0.997. The molecule has 43 heavy (non-hydrogen) atoms. The van der Waals surface area contributed by atoms with Crippen LogP contribution in [0.15, 0.2) is 73.1 Å². The molecule has 0 amide bonds. The Balaban J connectivity index is 0.00000423. The zero-order chi connectivity index (χ0) is 29.5. The number of fused-ring (bicyclic) bond motifs is 1. The molecule has 2 N–H and O–H groups in total. The van der Waals surface area contributed by atoms with Crippen LogP contribution in [0.3, 0.4) is 0 Å². The van der Waals surface area contributed by atoms with Crippen LogP contribution in [0.2, 0.25) is 5.02 Å². The highest BCUT2D eigenvalue weighted by atomic mass is 35.5. The summed E-state index contributed by atoms with van der Waals surface area (Å²) in [5.41, 5.74) is 2.79. The molecule has 0 radical (unpaired) electrons. The zero-order valence-electron chi connectivity index (χ0n) is 22.8. The summed E-state index contributed by atoms with van der Waals surface area (Å²) in [5.74, 6) is 7.08. The van der Waals surface area contributed by atoms with Gasteiger partial charge in [0, 0.05) is 25.0 Å². The molecule has 13 heteroatoms. The number of ether oxygens (including phenoxy) is 1. The molecule has 0 aliphatic carbocycles. The highest BCUT2D eigenvalue weighted by molar-refractivity contribution is 7.90. The van der Waals surface area contributed by atoms with Crippen molar-refractivity contribution in [3.05, 3.63) is 106 Å². The number of anilines is 2.